The SMILES string of the molecule is O=C(CN(CCCN1CCOCC1)C(=O)c1ccc(C(F)(F)F)cc1)N(Cc1ccc(F)cc1)Cc1ccco1. The first-order chi connectivity index (χ1) is 19.2. The maximum absolute atomic E-state index is 13.6. The third-order valence-electron chi connectivity index (χ3n) is 6.64. The summed E-state index contributed by atoms with van der Waals surface area (Å²) in [7, 11) is 0. The molecule has 214 valence electrons. The minimum Gasteiger partial charge on any atom is -0.467 e. The molecule has 1 saturated heterocycles. The molecule has 0 N–H and O–H groups in total. The number of rotatable bonds is 11. The van der Waals surface area contributed by atoms with Gasteiger partial charge in [0.2, 0.25) is 5.91 Å². The van der Waals surface area contributed by atoms with Gasteiger partial charge in [-0.3, -0.25) is 14.5 Å². The topological polar surface area (TPSA) is 66.2 Å². The third kappa shape index (κ3) is 8.40. The van der Waals surface area contributed by atoms with Gasteiger partial charge in [-0.15, -0.1) is 0 Å². The Morgan fingerprint density at radius 1 is 0.900 bits per heavy atom. The Balaban J connectivity index is 1.51. The fourth-order valence-corrected chi connectivity index (χ4v) is 4.44. The number of benzene rings is 2. The summed E-state index contributed by atoms with van der Waals surface area (Å²) in [6.45, 7) is 3.67. The monoisotopic (exact) mass is 561 g/mol. The van der Waals surface area contributed by atoms with Crippen molar-refractivity contribution in [1.82, 2.24) is 14.7 Å². The number of hydrogen-bond donors (Lipinski definition) is 0. The lowest BCUT2D eigenvalue weighted by Crippen LogP contribution is -2.44. The minimum absolute atomic E-state index is 0.0586. The van der Waals surface area contributed by atoms with Crippen LogP contribution in [0.25, 0.3) is 0 Å². The van der Waals surface area contributed by atoms with E-state index >= 15 is 0 Å². The highest BCUT2D eigenvalue weighted by Gasteiger charge is 2.31. The number of carbonyl (C=O) groups excluding carboxylic acids is 2. The van der Waals surface area contributed by atoms with E-state index in [1.54, 1.807) is 24.3 Å². The summed E-state index contributed by atoms with van der Waals surface area (Å²) in [5.74, 6) is -0.791. The van der Waals surface area contributed by atoms with Crippen molar-refractivity contribution >= 4 is 11.8 Å². The molecule has 1 aliphatic rings. The van der Waals surface area contributed by atoms with E-state index in [2.05, 4.69) is 4.90 Å². The van der Waals surface area contributed by atoms with Crippen LogP contribution in [0.4, 0.5) is 17.6 Å². The van der Waals surface area contributed by atoms with Crippen LogP contribution in [-0.4, -0.2) is 72.5 Å². The number of halogens is 4. The first-order valence-corrected chi connectivity index (χ1v) is 13.0. The quantitative estimate of drug-likeness (QED) is 0.314. The van der Waals surface area contributed by atoms with E-state index in [4.69, 9.17) is 9.15 Å². The van der Waals surface area contributed by atoms with Gasteiger partial charge in [-0.2, -0.15) is 13.2 Å². The zero-order valence-electron chi connectivity index (χ0n) is 21.9. The van der Waals surface area contributed by atoms with Gasteiger partial charge in [-0.05, 0) is 60.5 Å². The fourth-order valence-electron chi connectivity index (χ4n) is 4.44. The predicted molar refractivity (Wildman–Crippen MR) is 139 cm³/mol. The summed E-state index contributed by atoms with van der Waals surface area (Å²) in [6, 6.07) is 13.1. The molecule has 3 aromatic rings. The Bertz CT molecular complexity index is 1230. The molecule has 0 spiro atoms. The van der Waals surface area contributed by atoms with Crippen molar-refractivity contribution in [3.8, 4) is 0 Å². The molecule has 11 heteroatoms. The molecule has 1 aliphatic heterocycles. The number of alkyl halides is 3. The van der Waals surface area contributed by atoms with Gasteiger partial charge in [0.05, 0.1) is 31.6 Å². The van der Waals surface area contributed by atoms with E-state index in [-0.39, 0.29) is 37.6 Å². The molecule has 1 aromatic heterocycles. The molecule has 7 nitrogen and oxygen atoms in total. The fraction of sp³-hybridized carbons (Fsp3) is 0.379. The van der Waals surface area contributed by atoms with Crippen molar-refractivity contribution in [2.75, 3.05) is 45.9 Å². The van der Waals surface area contributed by atoms with Crippen molar-refractivity contribution < 1.29 is 36.3 Å². The molecule has 1 fully saturated rings. The minimum atomic E-state index is -4.53. The first-order valence-electron chi connectivity index (χ1n) is 13.0. The predicted octanol–water partition coefficient (Wildman–Crippen LogP) is 4.83. The average Bonchev–Trinajstić information content (AvgIpc) is 3.46. The van der Waals surface area contributed by atoms with Gasteiger partial charge >= 0.3 is 6.18 Å². The molecule has 0 unspecified atom stereocenters. The number of morpholine rings is 1. The smallest absolute Gasteiger partial charge is 0.416 e. The maximum atomic E-state index is 13.6. The summed E-state index contributed by atoms with van der Waals surface area (Å²) in [5.41, 5.74) is -0.111. The van der Waals surface area contributed by atoms with Crippen LogP contribution in [0, 0.1) is 5.82 Å². The van der Waals surface area contributed by atoms with Gasteiger partial charge in [0, 0.05) is 38.3 Å². The van der Waals surface area contributed by atoms with Crippen LogP contribution in [-0.2, 0) is 28.8 Å². The molecular formula is C29H31F4N3O4. The molecule has 0 aliphatic carbocycles. The number of carbonyl (C=O) groups is 2. The summed E-state index contributed by atoms with van der Waals surface area (Å²) >= 11 is 0. The van der Waals surface area contributed by atoms with Crippen LogP contribution in [0.1, 0.15) is 33.7 Å². The molecular weight excluding hydrogens is 530 g/mol. The summed E-state index contributed by atoms with van der Waals surface area (Å²) < 4.78 is 63.4. The molecule has 2 amide bonds. The average molecular weight is 562 g/mol. The molecule has 0 atom stereocenters. The van der Waals surface area contributed by atoms with Crippen LogP contribution in [0.15, 0.2) is 71.3 Å². The lowest BCUT2D eigenvalue weighted by Gasteiger charge is -2.30. The molecule has 0 saturated carbocycles. The van der Waals surface area contributed by atoms with Crippen molar-refractivity contribution in [3.05, 3.63) is 95.2 Å². The van der Waals surface area contributed by atoms with Gasteiger partial charge in [0.15, 0.2) is 0 Å². The zero-order chi connectivity index (χ0) is 28.5. The van der Waals surface area contributed by atoms with E-state index in [0.29, 0.717) is 37.5 Å². The third-order valence-corrected chi connectivity index (χ3v) is 6.64. The van der Waals surface area contributed by atoms with E-state index < -0.39 is 23.5 Å². The molecule has 0 radical (unpaired) electrons. The Labute approximate surface area is 229 Å². The van der Waals surface area contributed by atoms with E-state index in [9.17, 15) is 27.2 Å². The molecule has 2 heterocycles. The highest BCUT2D eigenvalue weighted by molar-refractivity contribution is 5.96. The Morgan fingerprint density at radius 3 is 2.23 bits per heavy atom. The summed E-state index contributed by atoms with van der Waals surface area (Å²) in [6.07, 6.45) is -2.47. The highest BCUT2D eigenvalue weighted by Crippen LogP contribution is 2.29. The van der Waals surface area contributed by atoms with Gasteiger partial charge in [-0.1, -0.05) is 12.1 Å². The number of amides is 2. The number of hydrogen-bond acceptors (Lipinski definition) is 5. The van der Waals surface area contributed by atoms with Crippen LogP contribution in [0.2, 0.25) is 0 Å². The van der Waals surface area contributed by atoms with Gasteiger partial charge in [-0.25, -0.2) is 4.39 Å². The Morgan fingerprint density at radius 2 is 1.60 bits per heavy atom. The normalized spacial score (nSPS) is 14.2. The molecule has 4 rings (SSSR count). The second kappa shape index (κ2) is 13.6. The van der Waals surface area contributed by atoms with Gasteiger partial charge < -0.3 is 19.0 Å². The zero-order valence-corrected chi connectivity index (χ0v) is 21.9. The van der Waals surface area contributed by atoms with Crippen LogP contribution >= 0.6 is 0 Å². The standard InChI is InChI=1S/C29H31F4N3O4/c30-25-10-4-22(5-11-25)19-36(20-26-3-1-16-40-26)27(37)21-35(13-2-12-34-14-17-39-18-15-34)28(38)23-6-8-24(9-7-23)29(31,32)33/h1,3-11,16H,2,12-15,17-21H2. The first kappa shape index (κ1) is 29.3. The van der Waals surface area contributed by atoms with E-state index in [0.717, 1.165) is 37.4 Å². The van der Waals surface area contributed by atoms with Crippen molar-refractivity contribution in [3.63, 3.8) is 0 Å². The second-order valence-electron chi connectivity index (χ2n) is 9.57. The second-order valence-corrected chi connectivity index (χ2v) is 9.57. The van der Waals surface area contributed by atoms with Crippen molar-refractivity contribution in [1.29, 1.82) is 0 Å². The van der Waals surface area contributed by atoms with E-state index in [1.807, 2.05) is 0 Å². The Hall–Kier alpha value is -3.70. The molecule has 2 aromatic carbocycles. The van der Waals surface area contributed by atoms with Crippen molar-refractivity contribution in [2.24, 2.45) is 0 Å². The number of nitrogens with zero attached hydrogens (tertiary/aromatic N) is 3. The van der Waals surface area contributed by atoms with Crippen LogP contribution in [0.5, 0.6) is 0 Å². The largest absolute Gasteiger partial charge is 0.467 e. The lowest BCUT2D eigenvalue weighted by molar-refractivity contribution is -0.137. The van der Waals surface area contributed by atoms with Crippen LogP contribution < -0.4 is 0 Å². The van der Waals surface area contributed by atoms with Crippen molar-refractivity contribution in [2.45, 2.75) is 25.7 Å². The highest BCUT2D eigenvalue weighted by atomic mass is 19.4. The van der Waals surface area contributed by atoms with Gasteiger partial charge in [0.25, 0.3) is 5.91 Å². The number of ether oxygens (including phenoxy) is 1. The van der Waals surface area contributed by atoms with Gasteiger partial charge in [0.1, 0.15) is 18.1 Å². The molecule has 40 heavy (non-hydrogen) atoms. The van der Waals surface area contributed by atoms with Crippen LogP contribution in [0.3, 0.4) is 0 Å². The maximum Gasteiger partial charge on any atom is 0.416 e. The molecule has 0 bridgehead atoms. The van der Waals surface area contributed by atoms with E-state index in [1.165, 1.54) is 28.2 Å². The number of furan rings is 1. The lowest BCUT2D eigenvalue weighted by atomic mass is 10.1. The summed E-state index contributed by atoms with van der Waals surface area (Å²) in [4.78, 5) is 32.1. The Kier molecular flexibility index (Phi) is 9.94. The summed E-state index contributed by atoms with van der Waals surface area (Å²) in [5, 5.41) is 0.